The van der Waals surface area contributed by atoms with Crippen LogP contribution in [0.15, 0.2) is 0 Å². The molecule has 80 heavy (non-hydrogen) atoms. The highest BCUT2D eigenvalue weighted by atomic mass is 31.2. The van der Waals surface area contributed by atoms with Gasteiger partial charge in [0.15, 0.2) is 12.2 Å². The van der Waals surface area contributed by atoms with E-state index >= 15 is 0 Å². The fourth-order valence-electron chi connectivity index (χ4n) is 8.89. The van der Waals surface area contributed by atoms with Gasteiger partial charge in [-0.05, 0) is 43.4 Å². The van der Waals surface area contributed by atoms with Gasteiger partial charge < -0.3 is 33.8 Å². The molecule has 0 fully saturated rings. The van der Waals surface area contributed by atoms with Crippen LogP contribution in [0.3, 0.4) is 0 Å². The normalized spacial score (nSPS) is 15.1. The Morgan fingerprint density at radius 3 is 0.950 bits per heavy atom. The Morgan fingerprint density at radius 1 is 0.362 bits per heavy atom. The van der Waals surface area contributed by atoms with Gasteiger partial charge in [-0.15, -0.1) is 0 Å². The second-order valence-corrected chi connectivity index (χ2v) is 26.0. The fourth-order valence-corrected chi connectivity index (χ4v) is 10.5. The number of phosphoric ester groups is 2. The van der Waals surface area contributed by atoms with Crippen LogP contribution in [0, 0.1) is 17.8 Å². The standard InChI is InChI=1S/C61H118O17P2/c1-8-11-12-25-35-42-58(63)71-48-56(78-61(66)45-38-31-24-23-28-34-41-54(7)10-3)50-75-79(67,68)73-46-55(62)47-74-80(69,70)76-51-57(49-72-59(64)43-36-29-21-18-17-19-26-32-39-52(4)5)77-60(65)44-37-30-22-16-14-13-15-20-27-33-40-53(6)9-2/h52-57,62H,8-51H2,1-7H3,(H,67,68)(H,69,70)/t53?,54?,55-,56+,57+/m0/s1. The van der Waals surface area contributed by atoms with E-state index in [1.54, 1.807) is 0 Å². The minimum absolute atomic E-state index is 0.101. The van der Waals surface area contributed by atoms with Crippen LogP contribution in [0.2, 0.25) is 0 Å². The van der Waals surface area contributed by atoms with Crippen molar-refractivity contribution in [3.05, 3.63) is 0 Å². The maximum Gasteiger partial charge on any atom is 0.472 e. The van der Waals surface area contributed by atoms with Crippen molar-refractivity contribution in [2.45, 2.75) is 311 Å². The average Bonchev–Trinajstić information content (AvgIpc) is 3.42. The van der Waals surface area contributed by atoms with Gasteiger partial charge in [-0.2, -0.15) is 0 Å². The molecular weight excluding hydrogens is 1070 g/mol. The molecule has 474 valence electrons. The number of hydrogen-bond donors (Lipinski definition) is 3. The number of aliphatic hydroxyl groups excluding tert-OH is 1. The van der Waals surface area contributed by atoms with Crippen molar-refractivity contribution in [1.29, 1.82) is 0 Å². The third-order valence-corrected chi connectivity index (χ3v) is 16.5. The summed E-state index contributed by atoms with van der Waals surface area (Å²) >= 11 is 0. The Labute approximate surface area is 486 Å². The van der Waals surface area contributed by atoms with Crippen LogP contribution >= 0.6 is 15.6 Å². The third-order valence-electron chi connectivity index (χ3n) is 14.6. The molecule has 3 N–H and O–H groups in total. The van der Waals surface area contributed by atoms with E-state index in [-0.39, 0.29) is 25.7 Å². The largest absolute Gasteiger partial charge is 0.472 e. The molecule has 0 aromatic carbocycles. The quantitative estimate of drug-likeness (QED) is 0.0222. The summed E-state index contributed by atoms with van der Waals surface area (Å²) < 4.78 is 67.7. The Hall–Kier alpha value is -1.94. The van der Waals surface area contributed by atoms with Crippen molar-refractivity contribution in [3.8, 4) is 0 Å². The van der Waals surface area contributed by atoms with Crippen molar-refractivity contribution < 1.29 is 80.2 Å². The molecule has 0 bridgehead atoms. The summed E-state index contributed by atoms with van der Waals surface area (Å²) in [4.78, 5) is 71.8. The summed E-state index contributed by atoms with van der Waals surface area (Å²) in [5, 5.41) is 10.5. The van der Waals surface area contributed by atoms with Gasteiger partial charge in [0.25, 0.3) is 0 Å². The van der Waals surface area contributed by atoms with Gasteiger partial charge in [0.1, 0.15) is 19.3 Å². The van der Waals surface area contributed by atoms with Crippen LogP contribution in [0.4, 0.5) is 0 Å². The molecule has 0 saturated heterocycles. The summed E-state index contributed by atoms with van der Waals surface area (Å²) in [5.41, 5.74) is 0. The molecule has 0 aliphatic rings. The first-order valence-electron chi connectivity index (χ1n) is 31.9. The highest BCUT2D eigenvalue weighted by Gasteiger charge is 2.30. The molecule has 0 rings (SSSR count). The number of esters is 4. The molecule has 0 aliphatic carbocycles. The predicted octanol–water partition coefficient (Wildman–Crippen LogP) is 16.3. The van der Waals surface area contributed by atoms with Crippen molar-refractivity contribution in [2.24, 2.45) is 17.8 Å². The summed E-state index contributed by atoms with van der Waals surface area (Å²) in [6.07, 6.45) is 32.4. The maximum atomic E-state index is 12.9. The van der Waals surface area contributed by atoms with Crippen LogP contribution < -0.4 is 0 Å². The molecule has 0 saturated carbocycles. The lowest BCUT2D eigenvalue weighted by Gasteiger charge is -2.21. The number of rotatable bonds is 59. The zero-order valence-electron chi connectivity index (χ0n) is 51.5. The highest BCUT2D eigenvalue weighted by Crippen LogP contribution is 2.45. The Kier molecular flexibility index (Phi) is 51.3. The van der Waals surface area contributed by atoms with E-state index in [2.05, 4.69) is 48.5 Å². The minimum atomic E-state index is -4.94. The molecule has 0 heterocycles. The van der Waals surface area contributed by atoms with Crippen molar-refractivity contribution in [2.75, 3.05) is 39.6 Å². The first-order valence-corrected chi connectivity index (χ1v) is 34.9. The summed E-state index contributed by atoms with van der Waals surface area (Å²) in [7, 11) is -9.87. The molecule has 19 heteroatoms. The molecule has 0 spiro atoms. The fraction of sp³-hybridized carbons (Fsp3) is 0.934. The number of unbranched alkanes of at least 4 members (excludes halogenated alkanes) is 25. The lowest BCUT2D eigenvalue weighted by molar-refractivity contribution is -0.161. The van der Waals surface area contributed by atoms with Crippen LogP contribution in [-0.4, -0.2) is 96.7 Å². The van der Waals surface area contributed by atoms with E-state index in [0.717, 1.165) is 114 Å². The molecule has 0 radical (unpaired) electrons. The maximum absolute atomic E-state index is 12.9. The number of carbonyl (C=O) groups is 4. The van der Waals surface area contributed by atoms with E-state index in [0.29, 0.717) is 25.7 Å². The van der Waals surface area contributed by atoms with Crippen LogP contribution in [0.5, 0.6) is 0 Å². The smallest absolute Gasteiger partial charge is 0.462 e. The molecule has 0 amide bonds. The summed E-state index contributed by atoms with van der Waals surface area (Å²) in [6.45, 7) is 11.6. The van der Waals surface area contributed by atoms with E-state index in [4.69, 9.17) is 37.0 Å². The zero-order valence-corrected chi connectivity index (χ0v) is 53.3. The van der Waals surface area contributed by atoms with Gasteiger partial charge in [-0.1, -0.05) is 241 Å². The van der Waals surface area contributed by atoms with Crippen molar-refractivity contribution in [1.82, 2.24) is 0 Å². The van der Waals surface area contributed by atoms with Gasteiger partial charge in [0, 0.05) is 25.7 Å². The molecular formula is C61H118O17P2. The highest BCUT2D eigenvalue weighted by molar-refractivity contribution is 7.47. The monoisotopic (exact) mass is 1180 g/mol. The number of aliphatic hydroxyl groups is 1. The minimum Gasteiger partial charge on any atom is -0.462 e. The van der Waals surface area contributed by atoms with Crippen molar-refractivity contribution in [3.63, 3.8) is 0 Å². The Balaban J connectivity index is 5.20. The van der Waals surface area contributed by atoms with Gasteiger partial charge in [0.2, 0.25) is 0 Å². The summed E-state index contributed by atoms with van der Waals surface area (Å²) in [5.74, 6) is 0.0967. The van der Waals surface area contributed by atoms with Gasteiger partial charge in [0.05, 0.1) is 26.4 Å². The molecule has 0 aromatic rings. The first-order chi connectivity index (χ1) is 38.3. The van der Waals surface area contributed by atoms with Crippen LogP contribution in [-0.2, 0) is 65.4 Å². The van der Waals surface area contributed by atoms with E-state index < -0.39 is 97.5 Å². The van der Waals surface area contributed by atoms with Crippen LogP contribution in [0.1, 0.15) is 292 Å². The van der Waals surface area contributed by atoms with Crippen molar-refractivity contribution >= 4 is 39.5 Å². The number of phosphoric acid groups is 2. The molecule has 17 nitrogen and oxygen atoms in total. The average molecular weight is 1190 g/mol. The first kappa shape index (κ1) is 78.1. The Bertz CT molecular complexity index is 1600. The second-order valence-electron chi connectivity index (χ2n) is 23.0. The van der Waals surface area contributed by atoms with E-state index in [1.165, 1.54) is 96.3 Å². The van der Waals surface area contributed by atoms with E-state index in [9.17, 15) is 43.2 Å². The predicted molar refractivity (Wildman–Crippen MR) is 317 cm³/mol. The zero-order chi connectivity index (χ0) is 59.5. The van der Waals surface area contributed by atoms with E-state index in [1.807, 2.05) is 0 Å². The lowest BCUT2D eigenvalue weighted by atomic mass is 9.99. The van der Waals surface area contributed by atoms with Crippen LogP contribution in [0.25, 0.3) is 0 Å². The van der Waals surface area contributed by atoms with Gasteiger partial charge >= 0.3 is 39.5 Å². The number of carbonyl (C=O) groups excluding carboxylic acids is 4. The molecule has 4 unspecified atom stereocenters. The number of ether oxygens (including phenoxy) is 4. The second kappa shape index (κ2) is 52.6. The number of hydrogen-bond acceptors (Lipinski definition) is 15. The molecule has 0 aromatic heterocycles. The lowest BCUT2D eigenvalue weighted by Crippen LogP contribution is -2.30. The Morgan fingerprint density at radius 2 is 0.637 bits per heavy atom. The SMILES string of the molecule is CCCCCCCC(=O)OC[C@H](COP(=O)(O)OC[C@H](O)COP(=O)(O)OC[C@@H](COC(=O)CCCCCCCCCCC(C)C)OC(=O)CCCCCCCCCCCCC(C)CC)OC(=O)CCCCCCCCC(C)CC. The topological polar surface area (TPSA) is 237 Å². The van der Waals surface area contributed by atoms with Gasteiger partial charge in [-0.25, -0.2) is 9.13 Å². The third kappa shape index (κ3) is 52.8. The molecule has 7 atom stereocenters. The molecule has 0 aliphatic heterocycles. The summed E-state index contributed by atoms with van der Waals surface area (Å²) in [6, 6.07) is 0. The van der Waals surface area contributed by atoms with Gasteiger partial charge in [-0.3, -0.25) is 37.3 Å².